The fraction of sp³-hybridized carbons (Fsp3) is 0.350. The van der Waals surface area contributed by atoms with Gasteiger partial charge in [0.25, 0.3) is 0 Å². The minimum absolute atomic E-state index is 0.352. The van der Waals surface area contributed by atoms with Gasteiger partial charge in [0.1, 0.15) is 11.6 Å². The maximum Gasteiger partial charge on any atom is 0.307 e. The van der Waals surface area contributed by atoms with Crippen LogP contribution in [0.25, 0.3) is 0 Å². The smallest absolute Gasteiger partial charge is 0.307 e. The summed E-state index contributed by atoms with van der Waals surface area (Å²) in [7, 11) is 0. The Kier molecular flexibility index (Phi) is 5.13. The van der Waals surface area contributed by atoms with Crippen molar-refractivity contribution in [3.05, 3.63) is 70.8 Å². The van der Waals surface area contributed by atoms with Crippen molar-refractivity contribution in [1.29, 1.82) is 0 Å². The van der Waals surface area contributed by atoms with Crippen LogP contribution in [0.4, 0.5) is 8.78 Å². The Hall–Kier alpha value is -2.27. The van der Waals surface area contributed by atoms with Gasteiger partial charge in [-0.25, -0.2) is 8.78 Å². The van der Waals surface area contributed by atoms with Crippen LogP contribution in [0.15, 0.2) is 42.5 Å². The highest BCUT2D eigenvalue weighted by atomic mass is 19.1. The van der Waals surface area contributed by atoms with E-state index in [2.05, 4.69) is 0 Å². The lowest BCUT2D eigenvalue weighted by Gasteiger charge is -2.37. The highest BCUT2D eigenvalue weighted by Gasteiger charge is 2.32. The average Bonchev–Trinajstić information content (AvgIpc) is 2.57. The summed E-state index contributed by atoms with van der Waals surface area (Å²) in [5.74, 6) is -2.52. The summed E-state index contributed by atoms with van der Waals surface area (Å²) in [6.07, 6.45) is 1.36. The van der Waals surface area contributed by atoms with E-state index in [9.17, 15) is 18.7 Å². The molecular formula is C20H21F2NO2. The van der Waals surface area contributed by atoms with Crippen LogP contribution in [0.1, 0.15) is 35.6 Å². The van der Waals surface area contributed by atoms with Gasteiger partial charge in [0.05, 0.1) is 12.0 Å². The molecule has 132 valence electrons. The van der Waals surface area contributed by atoms with Crippen molar-refractivity contribution in [2.24, 2.45) is 5.92 Å². The average molecular weight is 345 g/mol. The molecule has 2 aromatic rings. The third-order valence-electron chi connectivity index (χ3n) is 4.78. The fourth-order valence-corrected chi connectivity index (χ4v) is 3.59. The van der Waals surface area contributed by atoms with Gasteiger partial charge in [-0.1, -0.05) is 35.9 Å². The van der Waals surface area contributed by atoms with Crippen molar-refractivity contribution in [3.8, 4) is 0 Å². The van der Waals surface area contributed by atoms with Gasteiger partial charge in [-0.2, -0.15) is 0 Å². The molecule has 1 saturated heterocycles. The van der Waals surface area contributed by atoms with Crippen molar-refractivity contribution in [2.75, 3.05) is 13.1 Å². The number of aryl methyl sites for hydroxylation is 1. The molecule has 3 rings (SSSR count). The van der Waals surface area contributed by atoms with E-state index in [1.54, 1.807) is 0 Å². The number of halogens is 2. The molecule has 1 aliphatic rings. The number of nitrogens with zero attached hydrogens (tertiary/aromatic N) is 1. The van der Waals surface area contributed by atoms with E-state index in [0.717, 1.165) is 23.6 Å². The number of carbonyl (C=O) groups is 1. The highest BCUT2D eigenvalue weighted by Crippen LogP contribution is 2.34. The molecule has 0 bridgehead atoms. The van der Waals surface area contributed by atoms with E-state index in [1.807, 2.05) is 36.1 Å². The molecular weight excluding hydrogens is 324 g/mol. The summed E-state index contributed by atoms with van der Waals surface area (Å²) < 4.78 is 27.9. The normalized spacial score (nSPS) is 19.6. The molecule has 1 heterocycles. The van der Waals surface area contributed by atoms with Crippen LogP contribution >= 0.6 is 0 Å². The zero-order chi connectivity index (χ0) is 18.0. The highest BCUT2D eigenvalue weighted by molar-refractivity contribution is 5.70. The molecule has 3 nitrogen and oxygen atoms in total. The molecule has 0 aliphatic carbocycles. The van der Waals surface area contributed by atoms with Crippen molar-refractivity contribution < 1.29 is 18.7 Å². The van der Waals surface area contributed by atoms with Crippen LogP contribution in [-0.4, -0.2) is 29.1 Å². The lowest BCUT2D eigenvalue weighted by atomic mass is 9.90. The van der Waals surface area contributed by atoms with Gasteiger partial charge in [-0.05, 0) is 37.9 Å². The van der Waals surface area contributed by atoms with Gasteiger partial charge in [0, 0.05) is 18.2 Å². The molecule has 0 spiro atoms. The van der Waals surface area contributed by atoms with Crippen molar-refractivity contribution >= 4 is 5.97 Å². The van der Waals surface area contributed by atoms with E-state index in [4.69, 9.17) is 0 Å². The zero-order valence-electron chi connectivity index (χ0n) is 14.1. The van der Waals surface area contributed by atoms with Crippen LogP contribution in [0.3, 0.4) is 0 Å². The molecule has 1 fully saturated rings. The van der Waals surface area contributed by atoms with Gasteiger partial charge >= 0.3 is 5.97 Å². The third-order valence-corrected chi connectivity index (χ3v) is 4.78. The number of carboxylic acid groups (broad SMARTS) is 1. The van der Waals surface area contributed by atoms with Gasteiger partial charge < -0.3 is 5.11 Å². The number of rotatable bonds is 4. The maximum atomic E-state index is 14.5. The Morgan fingerprint density at radius 1 is 1.24 bits per heavy atom. The first-order valence-electron chi connectivity index (χ1n) is 8.44. The van der Waals surface area contributed by atoms with E-state index >= 15 is 0 Å². The second-order valence-electron chi connectivity index (χ2n) is 6.65. The number of aliphatic carboxylic acids is 1. The summed E-state index contributed by atoms with van der Waals surface area (Å²) in [6.45, 7) is 2.99. The second-order valence-corrected chi connectivity index (χ2v) is 6.65. The molecule has 0 aromatic heterocycles. The van der Waals surface area contributed by atoms with Crippen molar-refractivity contribution in [3.63, 3.8) is 0 Å². The number of benzene rings is 2. The largest absolute Gasteiger partial charge is 0.481 e. The summed E-state index contributed by atoms with van der Waals surface area (Å²) in [4.78, 5) is 13.4. The quantitative estimate of drug-likeness (QED) is 0.905. The molecule has 5 heteroatoms. The molecule has 25 heavy (non-hydrogen) atoms. The number of likely N-dealkylation sites (tertiary alicyclic amines) is 1. The van der Waals surface area contributed by atoms with E-state index < -0.39 is 29.6 Å². The first-order chi connectivity index (χ1) is 12.0. The summed E-state index contributed by atoms with van der Waals surface area (Å²) in [6, 6.07) is 10.9. The van der Waals surface area contributed by atoms with Crippen molar-refractivity contribution in [1.82, 2.24) is 4.90 Å². The molecule has 1 N–H and O–H groups in total. The molecule has 1 aliphatic heterocycles. The minimum Gasteiger partial charge on any atom is -0.481 e. The fourth-order valence-electron chi connectivity index (χ4n) is 3.59. The van der Waals surface area contributed by atoms with E-state index in [1.165, 1.54) is 12.1 Å². The predicted molar refractivity (Wildman–Crippen MR) is 91.3 cm³/mol. The van der Waals surface area contributed by atoms with Crippen LogP contribution in [-0.2, 0) is 4.79 Å². The summed E-state index contributed by atoms with van der Waals surface area (Å²) >= 11 is 0. The SMILES string of the molecule is Cc1cccc(C(c2ccc(F)cc2F)N2CCCC(C(=O)O)C2)c1. The molecule has 2 aromatic carbocycles. The second kappa shape index (κ2) is 7.31. The molecule has 2 unspecified atom stereocenters. The molecule has 0 saturated carbocycles. The first kappa shape index (κ1) is 17.5. The maximum absolute atomic E-state index is 14.5. The number of hydrogen-bond acceptors (Lipinski definition) is 2. The van der Waals surface area contributed by atoms with Crippen molar-refractivity contribution in [2.45, 2.75) is 25.8 Å². The van der Waals surface area contributed by atoms with Gasteiger partial charge in [-0.3, -0.25) is 9.69 Å². The summed E-state index contributed by atoms with van der Waals surface area (Å²) in [5, 5.41) is 9.36. The van der Waals surface area contributed by atoms with Crippen LogP contribution < -0.4 is 0 Å². The Bertz CT molecular complexity index is 778. The number of carboxylic acids is 1. The molecule has 0 radical (unpaired) electrons. The molecule has 2 atom stereocenters. The Morgan fingerprint density at radius 2 is 2.04 bits per heavy atom. The summed E-state index contributed by atoms with van der Waals surface area (Å²) in [5.41, 5.74) is 2.30. The van der Waals surface area contributed by atoms with Crippen LogP contribution in [0, 0.1) is 24.5 Å². The number of hydrogen-bond donors (Lipinski definition) is 1. The van der Waals surface area contributed by atoms with Gasteiger partial charge in [0.2, 0.25) is 0 Å². The van der Waals surface area contributed by atoms with Gasteiger partial charge in [0.15, 0.2) is 0 Å². The standard InChI is InChI=1S/C20H21F2NO2/c1-13-4-2-5-14(10-13)19(17-8-7-16(21)11-18(17)22)23-9-3-6-15(12-23)20(24)25/h2,4-5,7-8,10-11,15,19H,3,6,9,12H2,1H3,(H,24,25). The van der Waals surface area contributed by atoms with Crippen LogP contribution in [0.2, 0.25) is 0 Å². The Balaban J connectivity index is 2.04. The topological polar surface area (TPSA) is 40.5 Å². The minimum atomic E-state index is -0.827. The number of piperidine rings is 1. The lowest BCUT2D eigenvalue weighted by molar-refractivity contribution is -0.143. The lowest BCUT2D eigenvalue weighted by Crippen LogP contribution is -2.41. The van der Waals surface area contributed by atoms with Crippen LogP contribution in [0.5, 0.6) is 0 Å². The molecule has 0 amide bonds. The Labute approximate surface area is 145 Å². The Morgan fingerprint density at radius 3 is 2.72 bits per heavy atom. The third kappa shape index (κ3) is 3.87. The predicted octanol–water partition coefficient (Wildman–Crippen LogP) is 4.16. The van der Waals surface area contributed by atoms with Gasteiger partial charge in [-0.15, -0.1) is 0 Å². The zero-order valence-corrected chi connectivity index (χ0v) is 14.1. The van der Waals surface area contributed by atoms with E-state index in [-0.39, 0.29) is 0 Å². The monoisotopic (exact) mass is 345 g/mol. The first-order valence-corrected chi connectivity index (χ1v) is 8.44. The van der Waals surface area contributed by atoms with E-state index in [0.29, 0.717) is 25.1 Å².